The van der Waals surface area contributed by atoms with Crippen LogP contribution in [0, 0.1) is 5.92 Å². The number of anilines is 1. The van der Waals surface area contributed by atoms with Crippen molar-refractivity contribution in [1.29, 1.82) is 0 Å². The fourth-order valence-electron chi connectivity index (χ4n) is 3.85. The van der Waals surface area contributed by atoms with Crippen LogP contribution < -0.4 is 11.1 Å². The van der Waals surface area contributed by atoms with Crippen LogP contribution in [0.4, 0.5) is 5.69 Å². The molecule has 2 heterocycles. The van der Waals surface area contributed by atoms with E-state index < -0.39 is 0 Å². The summed E-state index contributed by atoms with van der Waals surface area (Å²) in [5.74, 6) is -0.504. The first-order valence-corrected chi connectivity index (χ1v) is 9.86. The average molecular weight is 388 g/mol. The predicted octanol–water partition coefficient (Wildman–Crippen LogP) is 3.18. The largest absolute Gasteiger partial charge is 0.369 e. The van der Waals surface area contributed by atoms with Crippen molar-refractivity contribution in [3.05, 3.63) is 71.9 Å². The zero-order chi connectivity index (χ0) is 20.2. The number of fused-ring (bicyclic) bond motifs is 1. The van der Waals surface area contributed by atoms with Crippen molar-refractivity contribution in [2.75, 3.05) is 18.4 Å². The standard InChI is InChI=1S/C23H24N4O2/c24-22(28)19-7-4-12-27(15-19)14-18-5-1-2-8-20(18)26-23(29)17-10-9-16-6-3-11-25-21(16)13-17/h1-3,5-6,8-11,13,19H,4,7,12,14-15H2,(H2,24,28)(H,26,29). The highest BCUT2D eigenvalue weighted by Crippen LogP contribution is 2.23. The summed E-state index contributed by atoms with van der Waals surface area (Å²) in [5, 5.41) is 4.03. The van der Waals surface area contributed by atoms with Crippen LogP contribution in [0.15, 0.2) is 60.8 Å². The van der Waals surface area contributed by atoms with Gasteiger partial charge in [0, 0.05) is 35.9 Å². The van der Waals surface area contributed by atoms with Crippen molar-refractivity contribution in [3.8, 4) is 0 Å². The minimum Gasteiger partial charge on any atom is -0.369 e. The van der Waals surface area contributed by atoms with Gasteiger partial charge in [-0.05, 0) is 49.2 Å². The van der Waals surface area contributed by atoms with Crippen LogP contribution in [-0.2, 0) is 11.3 Å². The third-order valence-electron chi connectivity index (χ3n) is 5.44. The number of primary amides is 1. The lowest BCUT2D eigenvalue weighted by molar-refractivity contribution is -0.123. The minimum atomic E-state index is -0.235. The molecule has 1 saturated heterocycles. The van der Waals surface area contributed by atoms with E-state index in [4.69, 9.17) is 5.73 Å². The Balaban J connectivity index is 1.50. The molecule has 3 N–H and O–H groups in total. The number of likely N-dealkylation sites (tertiary alicyclic amines) is 1. The number of pyridine rings is 1. The molecule has 148 valence electrons. The molecule has 1 aromatic heterocycles. The fourth-order valence-corrected chi connectivity index (χ4v) is 3.85. The van der Waals surface area contributed by atoms with Gasteiger partial charge in [-0.25, -0.2) is 0 Å². The van der Waals surface area contributed by atoms with E-state index in [-0.39, 0.29) is 17.7 Å². The molecule has 2 amide bonds. The van der Waals surface area contributed by atoms with Crippen LogP contribution in [-0.4, -0.2) is 34.8 Å². The van der Waals surface area contributed by atoms with Gasteiger partial charge in [0.05, 0.1) is 11.4 Å². The minimum absolute atomic E-state index is 0.101. The molecule has 6 nitrogen and oxygen atoms in total. The summed E-state index contributed by atoms with van der Waals surface area (Å²) in [6.07, 6.45) is 3.52. The van der Waals surface area contributed by atoms with Gasteiger partial charge in [0.15, 0.2) is 0 Å². The van der Waals surface area contributed by atoms with Gasteiger partial charge < -0.3 is 11.1 Å². The van der Waals surface area contributed by atoms with Crippen LogP contribution in [0.1, 0.15) is 28.8 Å². The molecule has 1 atom stereocenters. The quantitative estimate of drug-likeness (QED) is 0.703. The van der Waals surface area contributed by atoms with Crippen LogP contribution in [0.2, 0.25) is 0 Å². The normalized spacial score (nSPS) is 17.2. The highest BCUT2D eigenvalue weighted by atomic mass is 16.2. The Morgan fingerprint density at radius 2 is 2.00 bits per heavy atom. The number of amides is 2. The molecule has 0 saturated carbocycles. The first-order valence-electron chi connectivity index (χ1n) is 9.86. The second-order valence-electron chi connectivity index (χ2n) is 7.50. The summed E-state index contributed by atoms with van der Waals surface area (Å²) in [6, 6.07) is 17.1. The summed E-state index contributed by atoms with van der Waals surface area (Å²) >= 11 is 0. The maximum Gasteiger partial charge on any atom is 0.255 e. The third-order valence-corrected chi connectivity index (χ3v) is 5.44. The Morgan fingerprint density at radius 1 is 1.14 bits per heavy atom. The molecule has 3 aromatic rings. The molecule has 0 spiro atoms. The van der Waals surface area contributed by atoms with E-state index in [0.29, 0.717) is 18.7 Å². The van der Waals surface area contributed by atoms with Crippen molar-refractivity contribution in [3.63, 3.8) is 0 Å². The number of hydrogen-bond acceptors (Lipinski definition) is 4. The van der Waals surface area contributed by atoms with Crippen LogP contribution in [0.3, 0.4) is 0 Å². The molecule has 1 fully saturated rings. The topological polar surface area (TPSA) is 88.3 Å². The zero-order valence-corrected chi connectivity index (χ0v) is 16.2. The molecular weight excluding hydrogens is 364 g/mol. The van der Waals surface area contributed by atoms with E-state index in [1.807, 2.05) is 48.5 Å². The highest BCUT2D eigenvalue weighted by Gasteiger charge is 2.24. The van der Waals surface area contributed by atoms with Gasteiger partial charge in [0.2, 0.25) is 5.91 Å². The lowest BCUT2D eigenvalue weighted by atomic mass is 9.97. The van der Waals surface area contributed by atoms with E-state index in [1.165, 1.54) is 0 Å². The molecule has 1 unspecified atom stereocenters. The monoisotopic (exact) mass is 388 g/mol. The summed E-state index contributed by atoms with van der Waals surface area (Å²) < 4.78 is 0. The Bertz CT molecular complexity index is 1050. The van der Waals surface area contributed by atoms with Gasteiger partial charge in [-0.15, -0.1) is 0 Å². The van der Waals surface area contributed by atoms with Crippen LogP contribution in [0.5, 0.6) is 0 Å². The number of aromatic nitrogens is 1. The second kappa shape index (κ2) is 8.41. The lowest BCUT2D eigenvalue weighted by Gasteiger charge is -2.31. The summed E-state index contributed by atoms with van der Waals surface area (Å²) in [6.45, 7) is 2.25. The number of benzene rings is 2. The Hall–Kier alpha value is -3.25. The Kier molecular flexibility index (Phi) is 5.53. The van der Waals surface area contributed by atoms with Gasteiger partial charge in [-0.3, -0.25) is 19.5 Å². The average Bonchev–Trinajstić information content (AvgIpc) is 2.75. The molecule has 29 heavy (non-hydrogen) atoms. The van der Waals surface area contributed by atoms with Crippen molar-refractivity contribution in [2.24, 2.45) is 11.7 Å². The molecule has 2 aromatic carbocycles. The van der Waals surface area contributed by atoms with Gasteiger partial charge in [-0.1, -0.05) is 30.3 Å². The molecule has 1 aliphatic heterocycles. The second-order valence-corrected chi connectivity index (χ2v) is 7.50. The van der Waals surface area contributed by atoms with Gasteiger partial charge in [0.1, 0.15) is 0 Å². The summed E-state index contributed by atoms with van der Waals surface area (Å²) in [7, 11) is 0. The molecule has 1 aliphatic rings. The molecule has 0 aliphatic carbocycles. The van der Waals surface area contributed by atoms with Gasteiger partial charge in [0.25, 0.3) is 5.91 Å². The lowest BCUT2D eigenvalue weighted by Crippen LogP contribution is -2.40. The molecule has 0 bridgehead atoms. The first-order chi connectivity index (χ1) is 14.1. The maximum absolute atomic E-state index is 12.8. The van der Waals surface area contributed by atoms with Crippen LogP contribution >= 0.6 is 0 Å². The number of rotatable bonds is 5. The van der Waals surface area contributed by atoms with E-state index in [1.54, 1.807) is 12.3 Å². The van der Waals surface area contributed by atoms with Crippen LogP contribution in [0.25, 0.3) is 10.9 Å². The highest BCUT2D eigenvalue weighted by molar-refractivity contribution is 6.06. The van der Waals surface area contributed by atoms with Gasteiger partial charge in [-0.2, -0.15) is 0 Å². The van der Waals surface area contributed by atoms with Gasteiger partial charge >= 0.3 is 0 Å². The molecular formula is C23H24N4O2. The van der Waals surface area contributed by atoms with E-state index in [2.05, 4.69) is 15.2 Å². The maximum atomic E-state index is 12.8. The fraction of sp³-hybridized carbons (Fsp3) is 0.261. The number of carbonyl (C=O) groups excluding carboxylic acids is 2. The van der Waals surface area contributed by atoms with E-state index in [9.17, 15) is 9.59 Å². The predicted molar refractivity (Wildman–Crippen MR) is 113 cm³/mol. The number of carbonyl (C=O) groups is 2. The molecule has 0 radical (unpaired) electrons. The number of nitrogens with one attached hydrogen (secondary N) is 1. The number of hydrogen-bond donors (Lipinski definition) is 2. The number of piperidine rings is 1. The smallest absolute Gasteiger partial charge is 0.255 e. The first kappa shape index (κ1) is 19.1. The number of nitrogens with two attached hydrogens (primary N) is 1. The Morgan fingerprint density at radius 3 is 2.86 bits per heavy atom. The molecule has 6 heteroatoms. The zero-order valence-electron chi connectivity index (χ0n) is 16.2. The SMILES string of the molecule is NC(=O)C1CCCN(Cc2ccccc2NC(=O)c2ccc3cccnc3c2)C1. The van der Waals surface area contributed by atoms with Crippen molar-refractivity contribution >= 4 is 28.4 Å². The summed E-state index contributed by atoms with van der Waals surface area (Å²) in [4.78, 5) is 30.9. The van der Waals surface area contributed by atoms with Crippen molar-refractivity contribution in [1.82, 2.24) is 9.88 Å². The Labute approximate surface area is 169 Å². The van der Waals surface area contributed by atoms with Crippen molar-refractivity contribution in [2.45, 2.75) is 19.4 Å². The van der Waals surface area contributed by atoms with E-state index in [0.717, 1.165) is 41.5 Å². The number of nitrogens with zero attached hydrogens (tertiary/aromatic N) is 2. The number of para-hydroxylation sites is 1. The third kappa shape index (κ3) is 4.43. The molecule has 4 rings (SSSR count). The van der Waals surface area contributed by atoms with E-state index >= 15 is 0 Å². The van der Waals surface area contributed by atoms with Crippen molar-refractivity contribution < 1.29 is 9.59 Å². The summed E-state index contributed by atoms with van der Waals surface area (Å²) in [5.41, 5.74) is 8.65.